The maximum atomic E-state index is 3.47. The van der Waals surface area contributed by atoms with Crippen molar-refractivity contribution in [1.82, 2.24) is 5.32 Å². The minimum atomic E-state index is 0.546. The first-order chi connectivity index (χ1) is 8.35. The number of hydrogen-bond acceptors (Lipinski definition) is 1. The topological polar surface area (TPSA) is 12.0 Å². The molecular weight excluding hydrogens is 218 g/mol. The van der Waals surface area contributed by atoms with Gasteiger partial charge in [-0.2, -0.15) is 0 Å². The van der Waals surface area contributed by atoms with Crippen LogP contribution in [0.5, 0.6) is 0 Å². The molecule has 1 fully saturated rings. The van der Waals surface area contributed by atoms with Crippen LogP contribution in [0.15, 0.2) is 0 Å². The molecule has 18 heavy (non-hydrogen) atoms. The molecule has 1 aliphatic heterocycles. The molecule has 0 aromatic rings. The summed E-state index contributed by atoms with van der Waals surface area (Å²) >= 11 is 0. The maximum Gasteiger partial charge on any atom is -0.00463 e. The molecule has 0 unspecified atom stereocenters. The normalized spacial score (nSPS) is 19.2. The van der Waals surface area contributed by atoms with Crippen LogP contribution in [0.25, 0.3) is 0 Å². The third kappa shape index (κ3) is 6.22. The Kier molecular flexibility index (Phi) is 6.17. The van der Waals surface area contributed by atoms with Crippen LogP contribution in [0.4, 0.5) is 0 Å². The van der Waals surface area contributed by atoms with Gasteiger partial charge in [-0.25, -0.2) is 0 Å². The van der Waals surface area contributed by atoms with Gasteiger partial charge in [0.15, 0.2) is 0 Å². The van der Waals surface area contributed by atoms with Gasteiger partial charge in [0.2, 0.25) is 0 Å². The summed E-state index contributed by atoms with van der Waals surface area (Å²) in [6.07, 6.45) is 9.72. The Balaban J connectivity index is 2.26. The highest BCUT2D eigenvalue weighted by molar-refractivity contribution is 4.78. The summed E-state index contributed by atoms with van der Waals surface area (Å²) in [4.78, 5) is 0. The molecule has 0 amide bonds. The van der Waals surface area contributed by atoms with Crippen molar-refractivity contribution >= 4 is 0 Å². The second-order valence-electron chi connectivity index (χ2n) is 7.93. The molecule has 0 radical (unpaired) electrons. The quantitative estimate of drug-likeness (QED) is 0.672. The Bertz CT molecular complexity index is 224. The number of hydrogen-bond donors (Lipinski definition) is 1. The standard InChI is InChI=1S/C17H35N/c1-6-16(2,3)10-7-11-17(4,5)14-15-8-12-18-13-9-15/h15,18H,6-14H2,1-5H3. The van der Waals surface area contributed by atoms with Crippen LogP contribution in [0.1, 0.15) is 79.6 Å². The van der Waals surface area contributed by atoms with E-state index in [0.717, 1.165) is 5.92 Å². The van der Waals surface area contributed by atoms with Crippen molar-refractivity contribution in [3.05, 3.63) is 0 Å². The van der Waals surface area contributed by atoms with Crippen LogP contribution in [0, 0.1) is 16.7 Å². The van der Waals surface area contributed by atoms with E-state index < -0.39 is 0 Å². The van der Waals surface area contributed by atoms with Crippen LogP contribution < -0.4 is 5.32 Å². The van der Waals surface area contributed by atoms with Gasteiger partial charge in [-0.15, -0.1) is 0 Å². The Morgan fingerprint density at radius 2 is 1.50 bits per heavy atom. The molecule has 1 aliphatic rings. The van der Waals surface area contributed by atoms with E-state index in [1.54, 1.807) is 0 Å². The van der Waals surface area contributed by atoms with Gasteiger partial charge >= 0.3 is 0 Å². The molecule has 1 saturated heterocycles. The second-order valence-corrected chi connectivity index (χ2v) is 7.93. The van der Waals surface area contributed by atoms with Gasteiger partial charge in [0.1, 0.15) is 0 Å². The zero-order chi connectivity index (χ0) is 13.6. The van der Waals surface area contributed by atoms with Crippen LogP contribution in [0.3, 0.4) is 0 Å². The third-order valence-corrected chi connectivity index (χ3v) is 4.96. The van der Waals surface area contributed by atoms with Crippen LogP contribution in [0.2, 0.25) is 0 Å². The predicted molar refractivity (Wildman–Crippen MR) is 81.9 cm³/mol. The number of rotatable bonds is 7. The highest BCUT2D eigenvalue weighted by Gasteiger charge is 2.25. The zero-order valence-corrected chi connectivity index (χ0v) is 13.4. The van der Waals surface area contributed by atoms with Crippen molar-refractivity contribution in [2.45, 2.75) is 79.6 Å². The minimum absolute atomic E-state index is 0.546. The van der Waals surface area contributed by atoms with Crippen molar-refractivity contribution in [2.24, 2.45) is 16.7 Å². The molecule has 1 heterocycles. The summed E-state index contributed by atoms with van der Waals surface area (Å²) < 4.78 is 0. The van der Waals surface area contributed by atoms with Crippen molar-refractivity contribution in [2.75, 3.05) is 13.1 Å². The number of nitrogens with one attached hydrogen (secondary N) is 1. The van der Waals surface area contributed by atoms with E-state index in [4.69, 9.17) is 0 Å². The summed E-state index contributed by atoms with van der Waals surface area (Å²) in [5, 5.41) is 3.47. The summed E-state index contributed by atoms with van der Waals surface area (Å²) in [6.45, 7) is 14.6. The van der Waals surface area contributed by atoms with Crippen LogP contribution in [-0.2, 0) is 0 Å². The van der Waals surface area contributed by atoms with E-state index in [0.29, 0.717) is 10.8 Å². The van der Waals surface area contributed by atoms with Crippen molar-refractivity contribution in [1.29, 1.82) is 0 Å². The SMILES string of the molecule is CCC(C)(C)CCCC(C)(C)CC1CCNCC1. The highest BCUT2D eigenvalue weighted by Crippen LogP contribution is 2.36. The lowest BCUT2D eigenvalue weighted by Crippen LogP contribution is -2.30. The molecule has 0 aliphatic carbocycles. The van der Waals surface area contributed by atoms with Gasteiger partial charge in [0, 0.05) is 0 Å². The summed E-state index contributed by atoms with van der Waals surface area (Å²) in [7, 11) is 0. The van der Waals surface area contributed by atoms with Crippen molar-refractivity contribution in [3.8, 4) is 0 Å². The Hall–Kier alpha value is -0.0400. The number of piperidine rings is 1. The van der Waals surface area contributed by atoms with E-state index >= 15 is 0 Å². The lowest BCUT2D eigenvalue weighted by atomic mass is 9.74. The van der Waals surface area contributed by atoms with Gasteiger partial charge in [0.25, 0.3) is 0 Å². The lowest BCUT2D eigenvalue weighted by molar-refractivity contribution is 0.197. The molecule has 0 atom stereocenters. The molecule has 108 valence electrons. The maximum absolute atomic E-state index is 3.47. The van der Waals surface area contributed by atoms with E-state index in [2.05, 4.69) is 39.9 Å². The van der Waals surface area contributed by atoms with Gasteiger partial charge in [-0.1, -0.05) is 47.5 Å². The van der Waals surface area contributed by atoms with E-state index in [1.165, 1.54) is 58.0 Å². The first kappa shape index (κ1) is 16.0. The van der Waals surface area contributed by atoms with Gasteiger partial charge < -0.3 is 5.32 Å². The van der Waals surface area contributed by atoms with E-state index in [1.807, 2.05) is 0 Å². The zero-order valence-electron chi connectivity index (χ0n) is 13.4. The summed E-state index contributed by atoms with van der Waals surface area (Å²) in [5.74, 6) is 0.973. The van der Waals surface area contributed by atoms with Gasteiger partial charge in [-0.3, -0.25) is 0 Å². The monoisotopic (exact) mass is 253 g/mol. The molecule has 0 saturated carbocycles. The Labute approximate surface area is 115 Å². The molecule has 0 aromatic heterocycles. The molecule has 0 aromatic carbocycles. The largest absolute Gasteiger partial charge is 0.317 e. The van der Waals surface area contributed by atoms with Crippen molar-refractivity contribution in [3.63, 3.8) is 0 Å². The third-order valence-electron chi connectivity index (χ3n) is 4.96. The highest BCUT2D eigenvalue weighted by atomic mass is 14.9. The summed E-state index contributed by atoms with van der Waals surface area (Å²) in [5.41, 5.74) is 1.09. The van der Waals surface area contributed by atoms with Crippen LogP contribution >= 0.6 is 0 Å². The minimum Gasteiger partial charge on any atom is -0.317 e. The van der Waals surface area contributed by atoms with Crippen LogP contribution in [-0.4, -0.2) is 13.1 Å². The Morgan fingerprint density at radius 1 is 0.944 bits per heavy atom. The predicted octanol–water partition coefficient (Wildman–Crippen LogP) is 5.01. The first-order valence-corrected chi connectivity index (χ1v) is 8.05. The molecule has 1 rings (SSSR count). The molecule has 1 heteroatoms. The van der Waals surface area contributed by atoms with Gasteiger partial charge in [0.05, 0.1) is 0 Å². The van der Waals surface area contributed by atoms with Crippen molar-refractivity contribution < 1.29 is 0 Å². The first-order valence-electron chi connectivity index (χ1n) is 8.05. The fourth-order valence-corrected chi connectivity index (χ4v) is 3.19. The fraction of sp³-hybridized carbons (Fsp3) is 1.00. The molecule has 1 nitrogen and oxygen atoms in total. The average molecular weight is 253 g/mol. The lowest BCUT2D eigenvalue weighted by Gasteiger charge is -2.33. The molecular formula is C17H35N. The smallest absolute Gasteiger partial charge is 0.00463 e. The Morgan fingerprint density at radius 3 is 2.06 bits per heavy atom. The fourth-order valence-electron chi connectivity index (χ4n) is 3.19. The molecule has 0 bridgehead atoms. The molecule has 1 N–H and O–H groups in total. The van der Waals surface area contributed by atoms with E-state index in [9.17, 15) is 0 Å². The average Bonchev–Trinajstić information content (AvgIpc) is 2.29. The summed E-state index contributed by atoms with van der Waals surface area (Å²) in [6, 6.07) is 0. The molecule has 0 spiro atoms. The van der Waals surface area contributed by atoms with Gasteiger partial charge in [-0.05, 0) is 61.9 Å². The second kappa shape index (κ2) is 6.93. The van der Waals surface area contributed by atoms with E-state index in [-0.39, 0.29) is 0 Å².